The van der Waals surface area contributed by atoms with E-state index in [9.17, 15) is 13.5 Å². The maximum atomic E-state index is 13.0. The lowest BCUT2D eigenvalue weighted by atomic mass is 9.91. The molecule has 1 fully saturated rings. The van der Waals surface area contributed by atoms with Gasteiger partial charge in [-0.25, -0.2) is 8.42 Å². The first-order valence-electron chi connectivity index (χ1n) is 7.32. The fourth-order valence-corrected chi connectivity index (χ4v) is 5.05. The Morgan fingerprint density at radius 3 is 2.52 bits per heavy atom. The second-order valence-corrected chi connectivity index (χ2v) is 8.50. The molecule has 0 amide bonds. The van der Waals surface area contributed by atoms with Gasteiger partial charge in [0, 0.05) is 18.1 Å². The van der Waals surface area contributed by atoms with Gasteiger partial charge in [-0.2, -0.15) is 9.40 Å². The fraction of sp³-hybridized carbons (Fsp3) is 0.786. The van der Waals surface area contributed by atoms with Gasteiger partial charge in [0.15, 0.2) is 0 Å². The van der Waals surface area contributed by atoms with E-state index in [4.69, 9.17) is 0 Å². The molecule has 1 N–H and O–H groups in total. The predicted molar refractivity (Wildman–Crippen MR) is 80.6 cm³/mol. The van der Waals surface area contributed by atoms with Crippen molar-refractivity contribution in [2.75, 3.05) is 6.54 Å². The van der Waals surface area contributed by atoms with Gasteiger partial charge in [-0.1, -0.05) is 0 Å². The maximum Gasteiger partial charge on any atom is 0.246 e. The van der Waals surface area contributed by atoms with E-state index in [0.29, 0.717) is 25.1 Å². The third-order valence-electron chi connectivity index (χ3n) is 4.13. The molecule has 21 heavy (non-hydrogen) atoms. The summed E-state index contributed by atoms with van der Waals surface area (Å²) in [5.41, 5.74) is 0.0648. The zero-order valence-corrected chi connectivity index (χ0v) is 14.2. The van der Waals surface area contributed by atoms with Crippen molar-refractivity contribution in [1.29, 1.82) is 0 Å². The van der Waals surface area contributed by atoms with Gasteiger partial charge in [0.2, 0.25) is 10.0 Å². The quantitative estimate of drug-likeness (QED) is 0.921. The Morgan fingerprint density at radius 2 is 2.05 bits per heavy atom. The summed E-state index contributed by atoms with van der Waals surface area (Å²) in [5.74, 6) is 0. The normalized spacial score (nSPS) is 23.7. The first kappa shape index (κ1) is 16.5. The van der Waals surface area contributed by atoms with E-state index < -0.39 is 21.7 Å². The van der Waals surface area contributed by atoms with E-state index in [1.165, 1.54) is 10.5 Å². The molecule has 1 saturated heterocycles. The first-order chi connectivity index (χ1) is 9.57. The number of hydrogen-bond donors (Lipinski definition) is 1. The molecule has 2 heterocycles. The van der Waals surface area contributed by atoms with Crippen LogP contribution in [0.3, 0.4) is 0 Å². The van der Waals surface area contributed by atoms with Crippen LogP contribution in [0.25, 0.3) is 0 Å². The van der Waals surface area contributed by atoms with Gasteiger partial charge in [-0.05, 0) is 47.5 Å². The Morgan fingerprint density at radius 1 is 1.43 bits per heavy atom. The standard InChI is InChI=1S/C14H25N3O3S/c1-10(2)17-11(3)13(9-15-17)21(19,20)16-7-6-12(18)8-14(16,4)5/h9-10,12,18H,6-8H2,1-5H3. The molecule has 0 spiro atoms. The number of aliphatic hydroxyl groups excluding tert-OH is 1. The second-order valence-electron chi connectivity index (χ2n) is 6.67. The zero-order valence-electron chi connectivity index (χ0n) is 13.4. The third-order valence-corrected chi connectivity index (χ3v) is 6.35. The molecule has 1 aromatic rings. The Balaban J connectivity index is 2.43. The summed E-state index contributed by atoms with van der Waals surface area (Å²) < 4.78 is 29.1. The Hall–Kier alpha value is -0.920. The van der Waals surface area contributed by atoms with E-state index in [0.717, 1.165) is 0 Å². The van der Waals surface area contributed by atoms with Gasteiger partial charge in [0.1, 0.15) is 4.90 Å². The summed E-state index contributed by atoms with van der Waals surface area (Å²) in [6.45, 7) is 9.77. The minimum Gasteiger partial charge on any atom is -0.393 e. The highest BCUT2D eigenvalue weighted by molar-refractivity contribution is 7.89. The topological polar surface area (TPSA) is 75.4 Å². The van der Waals surface area contributed by atoms with Crippen molar-refractivity contribution in [3.63, 3.8) is 0 Å². The highest BCUT2D eigenvalue weighted by atomic mass is 32.2. The van der Waals surface area contributed by atoms with Gasteiger partial charge in [-0.15, -0.1) is 0 Å². The summed E-state index contributed by atoms with van der Waals surface area (Å²) in [6.07, 6.45) is 1.92. The van der Waals surface area contributed by atoms with Crippen LogP contribution >= 0.6 is 0 Å². The largest absolute Gasteiger partial charge is 0.393 e. The van der Waals surface area contributed by atoms with Crippen molar-refractivity contribution in [3.05, 3.63) is 11.9 Å². The minimum atomic E-state index is -3.60. The van der Waals surface area contributed by atoms with E-state index >= 15 is 0 Å². The van der Waals surface area contributed by atoms with Crippen molar-refractivity contribution < 1.29 is 13.5 Å². The zero-order chi connectivity index (χ0) is 16.0. The Labute approximate surface area is 126 Å². The van der Waals surface area contributed by atoms with Crippen LogP contribution in [0.15, 0.2) is 11.1 Å². The Kier molecular flexibility index (Phi) is 4.21. The lowest BCUT2D eigenvalue weighted by Gasteiger charge is -2.42. The van der Waals surface area contributed by atoms with Gasteiger partial charge in [0.05, 0.1) is 18.0 Å². The molecular weight excluding hydrogens is 290 g/mol. The highest BCUT2D eigenvalue weighted by Crippen LogP contribution is 2.34. The van der Waals surface area contributed by atoms with Crippen LogP contribution in [0.4, 0.5) is 0 Å². The molecule has 1 aliphatic heterocycles. The molecule has 0 aliphatic carbocycles. The molecule has 0 bridgehead atoms. The molecule has 2 rings (SSSR count). The SMILES string of the molecule is Cc1c(S(=O)(=O)N2CCC(O)CC2(C)C)cnn1C(C)C. The summed E-state index contributed by atoms with van der Waals surface area (Å²) >= 11 is 0. The number of hydrogen-bond acceptors (Lipinski definition) is 4. The van der Waals surface area contributed by atoms with Crippen LogP contribution in [-0.2, 0) is 10.0 Å². The molecule has 0 saturated carbocycles. The van der Waals surface area contributed by atoms with Crippen LogP contribution in [0.5, 0.6) is 0 Å². The number of piperidine rings is 1. The monoisotopic (exact) mass is 315 g/mol. The van der Waals surface area contributed by atoms with E-state index in [1.807, 2.05) is 27.7 Å². The van der Waals surface area contributed by atoms with Crippen LogP contribution in [-0.4, -0.2) is 45.8 Å². The second kappa shape index (κ2) is 5.37. The van der Waals surface area contributed by atoms with Crippen LogP contribution < -0.4 is 0 Å². The molecule has 1 aromatic heterocycles. The average Bonchev–Trinajstić information content (AvgIpc) is 2.69. The molecule has 1 unspecified atom stereocenters. The molecule has 7 heteroatoms. The third kappa shape index (κ3) is 2.86. The summed E-state index contributed by atoms with van der Waals surface area (Å²) in [5, 5.41) is 14.0. The van der Waals surface area contributed by atoms with Gasteiger partial charge in [-0.3, -0.25) is 4.68 Å². The molecule has 6 nitrogen and oxygen atoms in total. The number of nitrogens with zero attached hydrogens (tertiary/aromatic N) is 3. The number of sulfonamides is 1. The lowest BCUT2D eigenvalue weighted by molar-refractivity contribution is 0.0444. The summed E-state index contributed by atoms with van der Waals surface area (Å²) in [6, 6.07) is 0.116. The van der Waals surface area contributed by atoms with E-state index in [-0.39, 0.29) is 10.9 Å². The van der Waals surface area contributed by atoms with Crippen molar-refractivity contribution in [3.8, 4) is 0 Å². The summed E-state index contributed by atoms with van der Waals surface area (Å²) in [7, 11) is -3.60. The van der Waals surface area contributed by atoms with Crippen LogP contribution in [0.2, 0.25) is 0 Å². The van der Waals surface area contributed by atoms with Crippen LogP contribution in [0.1, 0.15) is 52.3 Å². The average molecular weight is 315 g/mol. The van der Waals surface area contributed by atoms with Gasteiger partial charge >= 0.3 is 0 Å². The molecule has 1 atom stereocenters. The first-order valence-corrected chi connectivity index (χ1v) is 8.76. The molecule has 0 radical (unpaired) electrons. The van der Waals surface area contributed by atoms with Gasteiger partial charge in [0.25, 0.3) is 0 Å². The fourth-order valence-electron chi connectivity index (χ4n) is 3.10. The van der Waals surface area contributed by atoms with E-state index in [2.05, 4.69) is 5.10 Å². The lowest BCUT2D eigenvalue weighted by Crippen LogP contribution is -2.53. The van der Waals surface area contributed by atoms with Crippen molar-refractivity contribution in [1.82, 2.24) is 14.1 Å². The van der Waals surface area contributed by atoms with Crippen molar-refractivity contribution in [2.24, 2.45) is 0 Å². The smallest absolute Gasteiger partial charge is 0.246 e. The molecule has 1 aliphatic rings. The van der Waals surface area contributed by atoms with Crippen molar-refractivity contribution in [2.45, 2.75) is 70.0 Å². The number of aliphatic hydroxyl groups is 1. The Bertz CT molecular complexity index is 619. The van der Waals surface area contributed by atoms with Crippen molar-refractivity contribution >= 4 is 10.0 Å². The molecular formula is C14H25N3O3S. The summed E-state index contributed by atoms with van der Waals surface area (Å²) in [4.78, 5) is 0.265. The highest BCUT2D eigenvalue weighted by Gasteiger charge is 2.42. The maximum absolute atomic E-state index is 13.0. The molecule has 0 aromatic carbocycles. The predicted octanol–water partition coefficient (Wildman–Crippen LogP) is 1.70. The molecule has 120 valence electrons. The minimum absolute atomic E-state index is 0.116. The number of aromatic nitrogens is 2. The van der Waals surface area contributed by atoms with Crippen LogP contribution in [0, 0.1) is 6.92 Å². The van der Waals surface area contributed by atoms with E-state index in [1.54, 1.807) is 11.6 Å². The number of rotatable bonds is 3. The van der Waals surface area contributed by atoms with Gasteiger partial charge < -0.3 is 5.11 Å².